The second-order valence-electron chi connectivity index (χ2n) is 8.35. The van der Waals surface area contributed by atoms with E-state index in [1.807, 2.05) is 12.2 Å². The van der Waals surface area contributed by atoms with Crippen molar-refractivity contribution in [2.75, 3.05) is 7.11 Å². The smallest absolute Gasteiger partial charge is 0.0793 e. The van der Waals surface area contributed by atoms with E-state index in [0.29, 0.717) is 5.92 Å². The van der Waals surface area contributed by atoms with Crippen molar-refractivity contribution in [3.05, 3.63) is 35.5 Å². The highest BCUT2D eigenvalue weighted by Gasteiger charge is 2.55. The van der Waals surface area contributed by atoms with Crippen molar-refractivity contribution >= 4 is 0 Å². The molecule has 3 heteroatoms. The minimum atomic E-state index is -0.353. The number of methoxy groups -OCH3 is 1. The summed E-state index contributed by atoms with van der Waals surface area (Å²) in [7, 11) is 1.80. The number of aliphatic hydroxyl groups is 2. The molecular formula is C20H28O3. The maximum atomic E-state index is 10.5. The van der Waals surface area contributed by atoms with Crippen LogP contribution in [0.4, 0.5) is 0 Å². The molecule has 0 unspecified atom stereocenters. The number of allylic oxidation sites excluding steroid dienone is 3. The van der Waals surface area contributed by atoms with Crippen molar-refractivity contribution in [1.82, 2.24) is 0 Å². The summed E-state index contributed by atoms with van der Waals surface area (Å²) in [5, 5.41) is 20.5. The summed E-state index contributed by atoms with van der Waals surface area (Å²) in [6, 6.07) is 0. The summed E-state index contributed by atoms with van der Waals surface area (Å²) in [6.07, 6.45) is 11.6. The maximum absolute atomic E-state index is 10.5. The first-order valence-electron chi connectivity index (χ1n) is 8.90. The summed E-state index contributed by atoms with van der Waals surface area (Å²) in [5.74, 6) is 0.718. The molecule has 4 aliphatic carbocycles. The lowest BCUT2D eigenvalue weighted by Crippen LogP contribution is -2.48. The van der Waals surface area contributed by atoms with Gasteiger partial charge in [-0.3, -0.25) is 0 Å². The topological polar surface area (TPSA) is 49.7 Å². The average Bonchev–Trinajstić information content (AvgIpc) is 2.83. The third-order valence-corrected chi connectivity index (χ3v) is 7.29. The van der Waals surface area contributed by atoms with E-state index in [-0.39, 0.29) is 35.1 Å². The van der Waals surface area contributed by atoms with Crippen LogP contribution in [-0.2, 0) is 4.74 Å². The van der Waals surface area contributed by atoms with Crippen molar-refractivity contribution < 1.29 is 14.9 Å². The molecule has 3 nitrogen and oxygen atoms in total. The minimum Gasteiger partial charge on any atom is -0.389 e. The molecule has 0 saturated heterocycles. The Hall–Kier alpha value is -0.900. The molecule has 4 aliphatic rings. The molecule has 2 N–H and O–H groups in total. The molecule has 0 aliphatic heterocycles. The van der Waals surface area contributed by atoms with Gasteiger partial charge in [-0.25, -0.2) is 0 Å². The number of aliphatic hydroxyl groups excluding tert-OH is 2. The van der Waals surface area contributed by atoms with Crippen molar-refractivity contribution in [1.29, 1.82) is 0 Å². The zero-order valence-electron chi connectivity index (χ0n) is 14.3. The van der Waals surface area contributed by atoms with Crippen LogP contribution in [0, 0.1) is 22.7 Å². The van der Waals surface area contributed by atoms with Gasteiger partial charge in [0.25, 0.3) is 0 Å². The molecule has 0 fully saturated rings. The molecule has 0 bridgehead atoms. The highest BCUT2D eigenvalue weighted by Crippen LogP contribution is 2.61. The Morgan fingerprint density at radius 2 is 1.91 bits per heavy atom. The predicted molar refractivity (Wildman–Crippen MR) is 89.8 cm³/mol. The first-order chi connectivity index (χ1) is 10.9. The highest BCUT2D eigenvalue weighted by molar-refractivity contribution is 5.43. The normalized spacial score (nSPS) is 51.4. The molecule has 0 aromatic heterocycles. The largest absolute Gasteiger partial charge is 0.389 e. The van der Waals surface area contributed by atoms with E-state index in [4.69, 9.17) is 4.74 Å². The number of rotatable bonds is 1. The van der Waals surface area contributed by atoms with Gasteiger partial charge in [-0.1, -0.05) is 43.7 Å². The van der Waals surface area contributed by atoms with Gasteiger partial charge in [0.2, 0.25) is 0 Å². The highest BCUT2D eigenvalue weighted by atomic mass is 16.5. The Kier molecular flexibility index (Phi) is 3.43. The maximum Gasteiger partial charge on any atom is 0.0793 e. The van der Waals surface area contributed by atoms with Crippen LogP contribution in [-0.4, -0.2) is 35.6 Å². The first-order valence-corrected chi connectivity index (χ1v) is 8.90. The minimum absolute atomic E-state index is 0.0340. The van der Waals surface area contributed by atoms with E-state index < -0.39 is 0 Å². The van der Waals surface area contributed by atoms with Crippen molar-refractivity contribution in [2.45, 2.75) is 57.8 Å². The van der Waals surface area contributed by atoms with Gasteiger partial charge in [-0.15, -0.1) is 0 Å². The van der Waals surface area contributed by atoms with Crippen LogP contribution in [0.15, 0.2) is 35.5 Å². The van der Waals surface area contributed by atoms with Gasteiger partial charge in [-0.05, 0) is 37.2 Å². The Bertz CT molecular complexity index is 604. The summed E-state index contributed by atoms with van der Waals surface area (Å²) in [5.41, 5.74) is 2.86. The lowest BCUT2D eigenvalue weighted by atomic mass is 9.52. The predicted octanol–water partition coefficient (Wildman–Crippen LogP) is 2.99. The molecule has 0 saturated carbocycles. The van der Waals surface area contributed by atoms with Crippen molar-refractivity contribution in [2.24, 2.45) is 22.7 Å². The standard InChI is InChI=1S/C20H28O3/c1-19-8-6-13(21)10-12(19)11-16(23-3)18-14-4-5-17(22)20(14,2)9-7-15(18)19/h4-6,8,12-14,16-17,21-22H,7,9-11H2,1-3H3/t12-,13-,14-,16-,17-,19-,20-/m0/s1. The van der Waals surface area contributed by atoms with Gasteiger partial charge in [0.05, 0.1) is 18.3 Å². The molecule has 0 spiro atoms. The Morgan fingerprint density at radius 1 is 1.13 bits per heavy atom. The zero-order chi connectivity index (χ0) is 16.4. The number of ether oxygens (including phenoxy) is 1. The van der Waals surface area contributed by atoms with Crippen LogP contribution in [0.5, 0.6) is 0 Å². The van der Waals surface area contributed by atoms with Gasteiger partial charge >= 0.3 is 0 Å². The summed E-state index contributed by atoms with van der Waals surface area (Å²) < 4.78 is 5.90. The fraction of sp³-hybridized carbons (Fsp3) is 0.700. The molecule has 126 valence electrons. The summed E-state index contributed by atoms with van der Waals surface area (Å²) in [4.78, 5) is 0. The lowest BCUT2D eigenvalue weighted by Gasteiger charge is -2.54. The van der Waals surface area contributed by atoms with Gasteiger partial charge in [-0.2, -0.15) is 0 Å². The van der Waals surface area contributed by atoms with Crippen molar-refractivity contribution in [3.63, 3.8) is 0 Å². The molecular weight excluding hydrogens is 288 g/mol. The molecule has 4 rings (SSSR count). The van der Waals surface area contributed by atoms with Crippen LogP contribution in [0.1, 0.15) is 39.5 Å². The molecule has 23 heavy (non-hydrogen) atoms. The van der Waals surface area contributed by atoms with Crippen LogP contribution in [0.25, 0.3) is 0 Å². The number of fused-ring (bicyclic) bond motifs is 4. The van der Waals surface area contributed by atoms with E-state index in [1.54, 1.807) is 7.11 Å². The summed E-state index contributed by atoms with van der Waals surface area (Å²) in [6.45, 7) is 4.55. The quantitative estimate of drug-likeness (QED) is 0.731. The van der Waals surface area contributed by atoms with Crippen LogP contribution >= 0.6 is 0 Å². The van der Waals surface area contributed by atoms with Gasteiger partial charge in [0.15, 0.2) is 0 Å². The Morgan fingerprint density at radius 3 is 2.65 bits per heavy atom. The molecule has 0 heterocycles. The van der Waals surface area contributed by atoms with Gasteiger partial charge in [0.1, 0.15) is 0 Å². The zero-order valence-corrected chi connectivity index (χ0v) is 14.3. The Balaban J connectivity index is 1.85. The molecule has 0 aromatic carbocycles. The monoisotopic (exact) mass is 316 g/mol. The van der Waals surface area contributed by atoms with E-state index in [0.717, 1.165) is 25.7 Å². The average molecular weight is 316 g/mol. The van der Waals surface area contributed by atoms with E-state index in [9.17, 15) is 10.2 Å². The van der Waals surface area contributed by atoms with Gasteiger partial charge < -0.3 is 14.9 Å². The van der Waals surface area contributed by atoms with Crippen molar-refractivity contribution in [3.8, 4) is 0 Å². The molecule has 0 amide bonds. The van der Waals surface area contributed by atoms with E-state index in [2.05, 4.69) is 26.0 Å². The SMILES string of the molecule is CO[C@H]1C[C@@H]2C[C@@H](O)C=C[C@]2(C)C2=C1[C@@H]1C=C[C@H](O)[C@@]1(C)CC2. The Labute approximate surface area is 138 Å². The van der Waals surface area contributed by atoms with Crippen LogP contribution in [0.2, 0.25) is 0 Å². The van der Waals surface area contributed by atoms with E-state index >= 15 is 0 Å². The third-order valence-electron chi connectivity index (χ3n) is 7.29. The fourth-order valence-corrected chi connectivity index (χ4v) is 5.66. The molecule has 7 atom stereocenters. The van der Waals surface area contributed by atoms with Gasteiger partial charge in [0, 0.05) is 23.9 Å². The second kappa shape index (κ2) is 5.05. The second-order valence-corrected chi connectivity index (χ2v) is 8.35. The van der Waals surface area contributed by atoms with Crippen LogP contribution < -0.4 is 0 Å². The number of hydrogen-bond donors (Lipinski definition) is 2. The molecule has 0 aromatic rings. The molecule has 0 radical (unpaired) electrons. The number of hydrogen-bond acceptors (Lipinski definition) is 3. The first kappa shape index (κ1) is 15.6. The van der Waals surface area contributed by atoms with Crippen LogP contribution in [0.3, 0.4) is 0 Å². The van der Waals surface area contributed by atoms with E-state index in [1.165, 1.54) is 11.1 Å². The summed E-state index contributed by atoms with van der Waals surface area (Å²) >= 11 is 0. The lowest BCUT2D eigenvalue weighted by molar-refractivity contribution is 0.00354. The third kappa shape index (κ3) is 2.00. The fourth-order valence-electron chi connectivity index (χ4n) is 5.66.